The van der Waals surface area contributed by atoms with Crippen LogP contribution >= 0.6 is 0 Å². The van der Waals surface area contributed by atoms with Gasteiger partial charge in [-0.3, -0.25) is 19.4 Å². The zero-order valence-electron chi connectivity index (χ0n) is 16.1. The van der Waals surface area contributed by atoms with Gasteiger partial charge in [-0.15, -0.1) is 0 Å². The summed E-state index contributed by atoms with van der Waals surface area (Å²) in [6.45, 7) is 3.65. The number of carboxylic acids is 2. The second-order valence-corrected chi connectivity index (χ2v) is 6.42. The molecular weight excluding hydrogens is 372 g/mol. The van der Waals surface area contributed by atoms with Gasteiger partial charge in [-0.1, -0.05) is 20.3 Å². The summed E-state index contributed by atoms with van der Waals surface area (Å²) >= 11 is 0. The topological polar surface area (TPSA) is 223 Å². The third-order valence-corrected chi connectivity index (χ3v) is 4.09. The van der Waals surface area contributed by atoms with Crippen LogP contribution in [0.4, 0.5) is 0 Å². The Hall–Kier alpha value is -2.89. The van der Waals surface area contributed by atoms with Gasteiger partial charge in [0, 0.05) is 6.54 Å². The first-order valence-corrected chi connectivity index (χ1v) is 8.85. The zero-order valence-corrected chi connectivity index (χ0v) is 16.1. The second-order valence-electron chi connectivity index (χ2n) is 6.42. The van der Waals surface area contributed by atoms with Crippen molar-refractivity contribution < 1.29 is 29.4 Å². The Balaban J connectivity index is 5.20. The number of carbonyl (C=O) groups excluding carboxylic acids is 2. The molecule has 0 spiro atoms. The van der Waals surface area contributed by atoms with Crippen LogP contribution in [0.5, 0.6) is 0 Å². The molecule has 0 radical (unpaired) electrons. The first kappa shape index (κ1) is 25.1. The van der Waals surface area contributed by atoms with E-state index in [9.17, 15) is 24.3 Å². The van der Waals surface area contributed by atoms with E-state index in [1.807, 2.05) is 0 Å². The van der Waals surface area contributed by atoms with E-state index < -0.39 is 48.3 Å². The molecule has 2 amide bonds. The third kappa shape index (κ3) is 9.71. The van der Waals surface area contributed by atoms with Gasteiger partial charge in [0.2, 0.25) is 11.8 Å². The van der Waals surface area contributed by atoms with Gasteiger partial charge in [-0.25, -0.2) is 4.79 Å². The minimum absolute atomic E-state index is 0.0982. The van der Waals surface area contributed by atoms with E-state index in [0.717, 1.165) is 0 Å². The van der Waals surface area contributed by atoms with Crippen LogP contribution in [0.2, 0.25) is 0 Å². The maximum absolute atomic E-state index is 12.6. The molecule has 10 N–H and O–H groups in total. The lowest BCUT2D eigenvalue weighted by molar-refractivity contribution is -0.144. The minimum Gasteiger partial charge on any atom is -0.481 e. The number of aliphatic imine (C=N–C) groups is 1. The summed E-state index contributed by atoms with van der Waals surface area (Å²) in [7, 11) is 0. The number of guanidine groups is 1. The quantitative estimate of drug-likeness (QED) is 0.102. The van der Waals surface area contributed by atoms with E-state index in [0.29, 0.717) is 12.8 Å². The van der Waals surface area contributed by atoms with Crippen LogP contribution in [0.15, 0.2) is 4.99 Å². The van der Waals surface area contributed by atoms with Crippen LogP contribution in [0.25, 0.3) is 0 Å². The molecule has 0 aliphatic carbocycles. The van der Waals surface area contributed by atoms with E-state index in [1.165, 1.54) is 0 Å². The third-order valence-electron chi connectivity index (χ3n) is 4.09. The molecule has 0 aliphatic heterocycles. The lowest BCUT2D eigenvalue weighted by Gasteiger charge is -2.25. The number of amides is 2. The Labute approximate surface area is 162 Å². The predicted octanol–water partition coefficient (Wildman–Crippen LogP) is -2.06. The molecule has 0 rings (SSSR count). The van der Waals surface area contributed by atoms with E-state index in [2.05, 4.69) is 15.6 Å². The van der Waals surface area contributed by atoms with Crippen molar-refractivity contribution in [3.63, 3.8) is 0 Å². The summed E-state index contributed by atoms with van der Waals surface area (Å²) in [5, 5.41) is 22.8. The van der Waals surface area contributed by atoms with Crippen LogP contribution in [0.1, 0.15) is 39.5 Å². The molecule has 12 nitrogen and oxygen atoms in total. The maximum Gasteiger partial charge on any atom is 0.326 e. The summed E-state index contributed by atoms with van der Waals surface area (Å²) in [6.07, 6.45) is 0.313. The molecule has 4 atom stereocenters. The van der Waals surface area contributed by atoms with Crippen molar-refractivity contribution in [2.45, 2.75) is 57.7 Å². The fourth-order valence-electron chi connectivity index (χ4n) is 2.27. The summed E-state index contributed by atoms with van der Waals surface area (Å²) < 4.78 is 0. The standard InChI is InChI=1S/C16H30N6O6/c1-3-8(2)12(15(27)28)22-14(26)10(5-4-6-20-16(18)19)21-13(25)9(17)7-11(23)24/h8-10,12H,3-7,17H2,1-2H3,(H,21,25)(H,22,26)(H,23,24)(H,27,28)(H4,18,19,20)/t8-,9-,10-,12-/m0/s1. The van der Waals surface area contributed by atoms with Crippen molar-refractivity contribution in [3.05, 3.63) is 0 Å². The number of nitrogens with one attached hydrogen (secondary N) is 2. The first-order chi connectivity index (χ1) is 13.0. The van der Waals surface area contributed by atoms with Gasteiger partial charge in [-0.05, 0) is 18.8 Å². The lowest BCUT2D eigenvalue weighted by Crippen LogP contribution is -2.55. The highest BCUT2D eigenvalue weighted by atomic mass is 16.4. The number of hydrogen-bond donors (Lipinski definition) is 7. The average Bonchev–Trinajstić information content (AvgIpc) is 2.59. The first-order valence-electron chi connectivity index (χ1n) is 8.85. The molecule has 0 fully saturated rings. The van der Waals surface area contributed by atoms with Crippen LogP contribution in [-0.4, -0.2) is 64.6 Å². The second kappa shape index (κ2) is 12.5. The summed E-state index contributed by atoms with van der Waals surface area (Å²) in [4.78, 5) is 50.5. The Morgan fingerprint density at radius 3 is 2.14 bits per heavy atom. The fraction of sp³-hybridized carbons (Fsp3) is 0.688. The molecule has 0 aromatic carbocycles. The van der Waals surface area contributed by atoms with E-state index in [4.69, 9.17) is 22.3 Å². The molecular formula is C16H30N6O6. The highest BCUT2D eigenvalue weighted by Crippen LogP contribution is 2.09. The summed E-state index contributed by atoms with van der Waals surface area (Å²) in [6, 6.07) is -3.61. The summed E-state index contributed by atoms with van der Waals surface area (Å²) in [5.74, 6) is -4.48. The van der Waals surface area contributed by atoms with Crippen molar-refractivity contribution in [1.29, 1.82) is 0 Å². The van der Waals surface area contributed by atoms with E-state index >= 15 is 0 Å². The number of carboxylic acid groups (broad SMARTS) is 2. The lowest BCUT2D eigenvalue weighted by atomic mass is 9.98. The molecule has 0 saturated heterocycles. The van der Waals surface area contributed by atoms with Gasteiger partial charge in [0.15, 0.2) is 5.96 Å². The fourth-order valence-corrected chi connectivity index (χ4v) is 2.27. The molecule has 0 aliphatic rings. The molecule has 160 valence electrons. The smallest absolute Gasteiger partial charge is 0.326 e. The molecule has 0 heterocycles. The number of carbonyl (C=O) groups is 4. The maximum atomic E-state index is 12.6. The SMILES string of the molecule is CC[C@H](C)[C@H](NC(=O)[C@H](CCCN=C(N)N)NC(=O)[C@@H](N)CC(=O)O)C(=O)O. The van der Waals surface area contributed by atoms with Crippen molar-refractivity contribution >= 4 is 29.7 Å². The Morgan fingerprint density at radius 2 is 1.68 bits per heavy atom. The van der Waals surface area contributed by atoms with Gasteiger partial charge in [0.25, 0.3) is 0 Å². The predicted molar refractivity (Wildman–Crippen MR) is 101 cm³/mol. The van der Waals surface area contributed by atoms with E-state index in [-0.39, 0.29) is 24.8 Å². The van der Waals surface area contributed by atoms with Crippen LogP contribution in [-0.2, 0) is 19.2 Å². The van der Waals surface area contributed by atoms with E-state index in [1.54, 1.807) is 13.8 Å². The molecule has 0 saturated carbocycles. The zero-order chi connectivity index (χ0) is 21.9. The number of rotatable bonds is 13. The molecule has 0 unspecified atom stereocenters. The van der Waals surface area contributed by atoms with Gasteiger partial charge in [-0.2, -0.15) is 0 Å². The molecule has 12 heteroatoms. The minimum atomic E-state index is -1.35. The monoisotopic (exact) mass is 402 g/mol. The Morgan fingerprint density at radius 1 is 1.07 bits per heavy atom. The average molecular weight is 402 g/mol. The Bertz CT molecular complexity index is 592. The summed E-state index contributed by atoms with van der Waals surface area (Å²) in [5.41, 5.74) is 16.0. The van der Waals surface area contributed by atoms with Crippen LogP contribution < -0.4 is 27.8 Å². The Kier molecular flexibility index (Phi) is 11.2. The molecule has 0 aromatic heterocycles. The van der Waals surface area contributed by atoms with Gasteiger partial charge < -0.3 is 38.0 Å². The number of nitrogens with zero attached hydrogens (tertiary/aromatic N) is 1. The molecule has 28 heavy (non-hydrogen) atoms. The van der Waals surface area contributed by atoms with Crippen molar-refractivity contribution in [2.75, 3.05) is 6.54 Å². The number of nitrogens with two attached hydrogens (primary N) is 3. The van der Waals surface area contributed by atoms with Gasteiger partial charge in [0.1, 0.15) is 12.1 Å². The highest BCUT2D eigenvalue weighted by molar-refractivity contribution is 5.93. The van der Waals surface area contributed by atoms with Gasteiger partial charge >= 0.3 is 11.9 Å². The van der Waals surface area contributed by atoms with Crippen molar-refractivity contribution in [3.8, 4) is 0 Å². The molecule has 0 bridgehead atoms. The molecule has 0 aromatic rings. The van der Waals surface area contributed by atoms with Crippen LogP contribution in [0, 0.1) is 5.92 Å². The van der Waals surface area contributed by atoms with Crippen molar-refractivity contribution in [1.82, 2.24) is 10.6 Å². The largest absolute Gasteiger partial charge is 0.481 e. The highest BCUT2D eigenvalue weighted by Gasteiger charge is 2.30. The normalized spacial score (nSPS) is 14.8. The van der Waals surface area contributed by atoms with Crippen LogP contribution in [0.3, 0.4) is 0 Å². The van der Waals surface area contributed by atoms with Gasteiger partial charge in [0.05, 0.1) is 12.5 Å². The number of aliphatic carboxylic acids is 2. The number of hydrogen-bond acceptors (Lipinski definition) is 6. The van der Waals surface area contributed by atoms with Crippen molar-refractivity contribution in [2.24, 2.45) is 28.1 Å².